The van der Waals surface area contributed by atoms with Gasteiger partial charge in [0.05, 0.1) is 0 Å². The Bertz CT molecular complexity index is 588. The third kappa shape index (κ3) is 3.21. The van der Waals surface area contributed by atoms with Crippen molar-refractivity contribution in [3.8, 4) is 11.5 Å². The van der Waals surface area contributed by atoms with Gasteiger partial charge >= 0.3 is 0 Å². The van der Waals surface area contributed by atoms with Crippen LogP contribution >= 0.6 is 23.2 Å². The van der Waals surface area contributed by atoms with Crippen LogP contribution < -0.4 is 10.5 Å². The molecule has 2 rings (SSSR count). The van der Waals surface area contributed by atoms with E-state index in [1.807, 2.05) is 38.1 Å². The molecule has 0 fully saturated rings. The molecule has 0 amide bonds. The molecule has 0 unspecified atom stereocenters. The van der Waals surface area contributed by atoms with Crippen molar-refractivity contribution < 1.29 is 4.74 Å². The van der Waals surface area contributed by atoms with Crippen LogP contribution in [0.3, 0.4) is 0 Å². The fourth-order valence-corrected chi connectivity index (χ4v) is 2.51. The van der Waals surface area contributed by atoms with Gasteiger partial charge in [0.15, 0.2) is 0 Å². The van der Waals surface area contributed by atoms with Crippen LogP contribution in [0.15, 0.2) is 30.3 Å². The Kier molecular flexibility index (Phi) is 4.35. The molecule has 0 heterocycles. The first kappa shape index (κ1) is 14.2. The van der Waals surface area contributed by atoms with Gasteiger partial charge in [-0.25, -0.2) is 0 Å². The van der Waals surface area contributed by atoms with Crippen molar-refractivity contribution in [3.63, 3.8) is 0 Å². The van der Waals surface area contributed by atoms with E-state index in [1.165, 1.54) is 0 Å². The fourth-order valence-electron chi connectivity index (χ4n) is 1.93. The first-order chi connectivity index (χ1) is 9.01. The SMILES string of the molecule is Cc1cc(Cl)cc(C)c1Oc1ccc(CN)c(Cl)c1. The molecule has 0 saturated carbocycles. The van der Waals surface area contributed by atoms with E-state index in [0.717, 1.165) is 22.4 Å². The van der Waals surface area contributed by atoms with Crippen LogP contribution in [0.4, 0.5) is 0 Å². The molecule has 0 aliphatic carbocycles. The van der Waals surface area contributed by atoms with Crippen LogP contribution in [0.1, 0.15) is 16.7 Å². The maximum atomic E-state index is 6.12. The van der Waals surface area contributed by atoms with Gasteiger partial charge in [0, 0.05) is 16.6 Å². The summed E-state index contributed by atoms with van der Waals surface area (Å²) < 4.78 is 5.89. The summed E-state index contributed by atoms with van der Waals surface area (Å²) in [4.78, 5) is 0. The Morgan fingerprint density at radius 3 is 2.21 bits per heavy atom. The Morgan fingerprint density at radius 1 is 1.05 bits per heavy atom. The van der Waals surface area contributed by atoms with Crippen molar-refractivity contribution in [1.82, 2.24) is 0 Å². The maximum Gasteiger partial charge on any atom is 0.133 e. The molecule has 0 saturated heterocycles. The van der Waals surface area contributed by atoms with Crippen LogP contribution in [-0.4, -0.2) is 0 Å². The highest BCUT2D eigenvalue weighted by atomic mass is 35.5. The summed E-state index contributed by atoms with van der Waals surface area (Å²) >= 11 is 12.1. The zero-order valence-electron chi connectivity index (χ0n) is 10.8. The minimum absolute atomic E-state index is 0.415. The van der Waals surface area contributed by atoms with E-state index in [2.05, 4.69) is 0 Å². The van der Waals surface area contributed by atoms with Crippen LogP contribution in [0.2, 0.25) is 10.0 Å². The van der Waals surface area contributed by atoms with E-state index in [-0.39, 0.29) is 0 Å². The van der Waals surface area contributed by atoms with Crippen molar-refractivity contribution in [2.75, 3.05) is 0 Å². The summed E-state index contributed by atoms with van der Waals surface area (Å²) in [5, 5.41) is 1.32. The zero-order chi connectivity index (χ0) is 14.0. The third-order valence-corrected chi connectivity index (χ3v) is 3.46. The molecular formula is C15H15Cl2NO. The van der Waals surface area contributed by atoms with E-state index >= 15 is 0 Å². The predicted molar refractivity (Wildman–Crippen MR) is 80.3 cm³/mol. The lowest BCUT2D eigenvalue weighted by atomic mass is 10.1. The number of hydrogen-bond acceptors (Lipinski definition) is 2. The van der Waals surface area contributed by atoms with Crippen LogP contribution in [0.25, 0.3) is 0 Å². The average molecular weight is 296 g/mol. The normalized spacial score (nSPS) is 10.6. The summed E-state index contributed by atoms with van der Waals surface area (Å²) in [6, 6.07) is 9.26. The van der Waals surface area contributed by atoms with Crippen molar-refractivity contribution >= 4 is 23.2 Å². The second-order valence-corrected chi connectivity index (χ2v) is 5.27. The molecule has 0 bridgehead atoms. The number of nitrogens with two attached hydrogens (primary N) is 1. The number of rotatable bonds is 3. The van der Waals surface area contributed by atoms with Crippen molar-refractivity contribution in [3.05, 3.63) is 57.1 Å². The van der Waals surface area contributed by atoms with Gasteiger partial charge in [-0.2, -0.15) is 0 Å². The van der Waals surface area contributed by atoms with Crippen LogP contribution in [-0.2, 0) is 6.54 Å². The zero-order valence-corrected chi connectivity index (χ0v) is 12.3. The average Bonchev–Trinajstić information content (AvgIpc) is 2.34. The molecule has 100 valence electrons. The van der Waals surface area contributed by atoms with Crippen molar-refractivity contribution in [2.24, 2.45) is 5.73 Å². The van der Waals surface area contributed by atoms with Crippen LogP contribution in [0.5, 0.6) is 11.5 Å². The highest BCUT2D eigenvalue weighted by molar-refractivity contribution is 6.31. The van der Waals surface area contributed by atoms with Gasteiger partial charge in [0.2, 0.25) is 0 Å². The molecule has 0 aliphatic rings. The lowest BCUT2D eigenvalue weighted by Crippen LogP contribution is -1.97. The summed E-state index contributed by atoms with van der Waals surface area (Å²) in [6.07, 6.45) is 0. The number of ether oxygens (including phenoxy) is 1. The summed E-state index contributed by atoms with van der Waals surface area (Å²) in [6.45, 7) is 4.34. The first-order valence-electron chi connectivity index (χ1n) is 5.94. The Hall–Kier alpha value is -1.22. The van der Waals surface area contributed by atoms with E-state index in [9.17, 15) is 0 Å². The quantitative estimate of drug-likeness (QED) is 0.877. The molecular weight excluding hydrogens is 281 g/mol. The maximum absolute atomic E-state index is 6.12. The van der Waals surface area contributed by atoms with E-state index in [0.29, 0.717) is 22.3 Å². The molecule has 19 heavy (non-hydrogen) atoms. The Balaban J connectivity index is 2.34. The van der Waals surface area contributed by atoms with E-state index in [4.69, 9.17) is 33.7 Å². The smallest absolute Gasteiger partial charge is 0.133 e. The summed E-state index contributed by atoms with van der Waals surface area (Å²) in [5.41, 5.74) is 8.46. The topological polar surface area (TPSA) is 35.2 Å². The molecule has 0 aromatic heterocycles. The number of halogens is 2. The summed E-state index contributed by atoms with van der Waals surface area (Å²) in [7, 11) is 0. The lowest BCUT2D eigenvalue weighted by molar-refractivity contribution is 0.475. The molecule has 2 nitrogen and oxygen atoms in total. The first-order valence-corrected chi connectivity index (χ1v) is 6.70. The van der Waals surface area contributed by atoms with Crippen molar-refractivity contribution in [2.45, 2.75) is 20.4 Å². The van der Waals surface area contributed by atoms with Gasteiger partial charge < -0.3 is 10.5 Å². The Morgan fingerprint density at radius 2 is 1.68 bits per heavy atom. The van der Waals surface area contributed by atoms with Gasteiger partial charge in [0.25, 0.3) is 0 Å². The molecule has 2 aromatic carbocycles. The largest absolute Gasteiger partial charge is 0.457 e. The molecule has 0 spiro atoms. The molecule has 0 atom stereocenters. The second-order valence-electron chi connectivity index (χ2n) is 4.43. The highest BCUT2D eigenvalue weighted by Gasteiger charge is 2.08. The molecule has 0 aliphatic heterocycles. The standard InChI is InChI=1S/C15H15Cl2NO/c1-9-5-12(16)6-10(2)15(9)19-13-4-3-11(8-18)14(17)7-13/h3-7H,8,18H2,1-2H3. The second kappa shape index (κ2) is 5.83. The molecule has 0 radical (unpaired) electrons. The van der Waals surface area contributed by atoms with Crippen LogP contribution in [0, 0.1) is 13.8 Å². The third-order valence-electron chi connectivity index (χ3n) is 2.89. The van der Waals surface area contributed by atoms with Gasteiger partial charge in [-0.3, -0.25) is 0 Å². The van der Waals surface area contributed by atoms with Gasteiger partial charge in [-0.1, -0.05) is 29.3 Å². The van der Waals surface area contributed by atoms with Crippen molar-refractivity contribution in [1.29, 1.82) is 0 Å². The minimum atomic E-state index is 0.415. The monoisotopic (exact) mass is 295 g/mol. The van der Waals surface area contributed by atoms with E-state index < -0.39 is 0 Å². The minimum Gasteiger partial charge on any atom is -0.457 e. The lowest BCUT2D eigenvalue weighted by Gasteiger charge is -2.13. The van der Waals surface area contributed by atoms with Gasteiger partial charge in [-0.15, -0.1) is 0 Å². The summed E-state index contributed by atoms with van der Waals surface area (Å²) in [5.74, 6) is 1.50. The number of aryl methyl sites for hydroxylation is 2. The van der Waals surface area contributed by atoms with E-state index in [1.54, 1.807) is 6.07 Å². The number of benzene rings is 2. The highest BCUT2D eigenvalue weighted by Crippen LogP contribution is 2.32. The molecule has 2 N–H and O–H groups in total. The Labute approximate surface area is 123 Å². The predicted octanol–water partition coefficient (Wildman–Crippen LogP) is 4.86. The molecule has 4 heteroatoms. The molecule has 2 aromatic rings. The van der Waals surface area contributed by atoms with Gasteiger partial charge in [-0.05, 0) is 54.8 Å². The number of hydrogen-bond donors (Lipinski definition) is 1. The van der Waals surface area contributed by atoms with Gasteiger partial charge in [0.1, 0.15) is 11.5 Å². The fraction of sp³-hybridized carbons (Fsp3) is 0.200.